The quantitative estimate of drug-likeness (QED) is 0.862. The molecule has 78 valence electrons. The summed E-state index contributed by atoms with van der Waals surface area (Å²) >= 11 is 5.71. The zero-order chi connectivity index (χ0) is 10.7. The van der Waals surface area contributed by atoms with Crippen LogP contribution in [0.4, 0.5) is 10.1 Å². The van der Waals surface area contributed by atoms with E-state index in [1.165, 1.54) is 12.1 Å². The van der Waals surface area contributed by atoms with E-state index in [-0.39, 0.29) is 5.82 Å². The Bertz CT molecular complexity index is 422. The highest BCUT2D eigenvalue weighted by atomic mass is 35.5. The van der Waals surface area contributed by atoms with Crippen molar-refractivity contribution in [3.05, 3.63) is 53.2 Å². The van der Waals surface area contributed by atoms with E-state index in [4.69, 9.17) is 16.0 Å². The van der Waals surface area contributed by atoms with Crippen molar-refractivity contribution >= 4 is 17.3 Å². The first-order valence-electron chi connectivity index (χ1n) is 4.45. The van der Waals surface area contributed by atoms with Gasteiger partial charge in [-0.05, 0) is 24.3 Å². The fourth-order valence-corrected chi connectivity index (χ4v) is 1.48. The molecule has 0 bridgehead atoms. The minimum Gasteiger partial charge on any atom is -0.472 e. The number of anilines is 1. The van der Waals surface area contributed by atoms with Gasteiger partial charge in [0, 0.05) is 22.8 Å². The van der Waals surface area contributed by atoms with Crippen LogP contribution < -0.4 is 5.32 Å². The molecule has 1 aromatic heterocycles. The van der Waals surface area contributed by atoms with Crippen molar-refractivity contribution in [2.45, 2.75) is 6.54 Å². The Hall–Kier alpha value is -1.48. The zero-order valence-corrected chi connectivity index (χ0v) is 8.59. The number of benzene rings is 1. The molecule has 0 aliphatic carbocycles. The third-order valence-corrected chi connectivity index (χ3v) is 2.16. The Balaban J connectivity index is 2.05. The minimum absolute atomic E-state index is 0.350. The number of rotatable bonds is 3. The number of nitrogens with one attached hydrogen (secondary N) is 1. The summed E-state index contributed by atoms with van der Waals surface area (Å²) in [5.74, 6) is -0.350. The molecule has 0 saturated carbocycles. The lowest BCUT2D eigenvalue weighted by atomic mass is 10.3. The topological polar surface area (TPSA) is 25.2 Å². The summed E-state index contributed by atoms with van der Waals surface area (Å²) in [4.78, 5) is 0. The van der Waals surface area contributed by atoms with Gasteiger partial charge in [0.25, 0.3) is 0 Å². The first-order chi connectivity index (χ1) is 7.24. The molecular formula is C11H9ClFNO. The molecule has 0 radical (unpaired) electrons. The first-order valence-corrected chi connectivity index (χ1v) is 4.83. The SMILES string of the molecule is Fc1cc(Cl)cc(NCc2ccoc2)c1. The van der Waals surface area contributed by atoms with Crippen molar-refractivity contribution in [3.63, 3.8) is 0 Å². The predicted octanol–water partition coefficient (Wildman–Crippen LogP) is 3.68. The second-order valence-electron chi connectivity index (χ2n) is 3.14. The number of hydrogen-bond acceptors (Lipinski definition) is 2. The van der Waals surface area contributed by atoms with Crippen molar-refractivity contribution in [1.82, 2.24) is 0 Å². The molecule has 1 heterocycles. The van der Waals surface area contributed by atoms with Gasteiger partial charge in [0.15, 0.2) is 0 Å². The molecule has 15 heavy (non-hydrogen) atoms. The van der Waals surface area contributed by atoms with Gasteiger partial charge in [0.2, 0.25) is 0 Å². The van der Waals surface area contributed by atoms with Gasteiger partial charge in [-0.3, -0.25) is 0 Å². The molecule has 1 aromatic carbocycles. The summed E-state index contributed by atoms with van der Waals surface area (Å²) in [5, 5.41) is 3.42. The third-order valence-electron chi connectivity index (χ3n) is 1.94. The second kappa shape index (κ2) is 4.36. The van der Waals surface area contributed by atoms with Crippen LogP contribution in [0.1, 0.15) is 5.56 Å². The van der Waals surface area contributed by atoms with Gasteiger partial charge in [-0.1, -0.05) is 11.6 Å². The van der Waals surface area contributed by atoms with E-state index in [2.05, 4.69) is 5.32 Å². The number of furan rings is 1. The fourth-order valence-electron chi connectivity index (χ4n) is 1.25. The van der Waals surface area contributed by atoms with E-state index < -0.39 is 0 Å². The number of halogens is 2. The fraction of sp³-hybridized carbons (Fsp3) is 0.0909. The smallest absolute Gasteiger partial charge is 0.126 e. The van der Waals surface area contributed by atoms with Crippen molar-refractivity contribution in [2.24, 2.45) is 0 Å². The van der Waals surface area contributed by atoms with Crippen LogP contribution in [0.3, 0.4) is 0 Å². The maximum absolute atomic E-state index is 13.0. The first kappa shape index (κ1) is 10.1. The molecule has 0 fully saturated rings. The Labute approximate surface area is 91.7 Å². The molecule has 0 unspecified atom stereocenters. The molecule has 0 aliphatic rings. The highest BCUT2D eigenvalue weighted by Gasteiger charge is 1.99. The van der Waals surface area contributed by atoms with Crippen LogP contribution in [0.25, 0.3) is 0 Å². The maximum atomic E-state index is 13.0. The van der Waals surface area contributed by atoms with Gasteiger partial charge < -0.3 is 9.73 Å². The lowest BCUT2D eigenvalue weighted by molar-refractivity contribution is 0.564. The van der Waals surface area contributed by atoms with Crippen LogP contribution in [-0.4, -0.2) is 0 Å². The summed E-state index contributed by atoms with van der Waals surface area (Å²) in [6.07, 6.45) is 3.23. The second-order valence-corrected chi connectivity index (χ2v) is 3.58. The zero-order valence-electron chi connectivity index (χ0n) is 7.84. The van der Waals surface area contributed by atoms with Gasteiger partial charge in [-0.2, -0.15) is 0 Å². The summed E-state index contributed by atoms with van der Waals surface area (Å²) in [6.45, 7) is 0.580. The minimum atomic E-state index is -0.350. The monoisotopic (exact) mass is 225 g/mol. The van der Waals surface area contributed by atoms with Gasteiger partial charge in [-0.15, -0.1) is 0 Å². The number of hydrogen-bond donors (Lipinski definition) is 1. The largest absolute Gasteiger partial charge is 0.472 e. The molecule has 0 saturated heterocycles. The molecule has 1 N–H and O–H groups in total. The summed E-state index contributed by atoms with van der Waals surface area (Å²) in [7, 11) is 0. The van der Waals surface area contributed by atoms with E-state index in [0.717, 1.165) is 5.56 Å². The van der Waals surface area contributed by atoms with Crippen LogP contribution >= 0.6 is 11.6 Å². The Kier molecular flexibility index (Phi) is 2.92. The molecule has 2 rings (SSSR count). The van der Waals surface area contributed by atoms with Crippen LogP contribution in [0, 0.1) is 5.82 Å². The van der Waals surface area contributed by atoms with Crippen molar-refractivity contribution in [3.8, 4) is 0 Å². The Morgan fingerprint density at radius 2 is 2.20 bits per heavy atom. The van der Waals surface area contributed by atoms with Gasteiger partial charge in [0.1, 0.15) is 5.82 Å². The maximum Gasteiger partial charge on any atom is 0.126 e. The van der Waals surface area contributed by atoms with Crippen LogP contribution in [0.5, 0.6) is 0 Å². The van der Waals surface area contributed by atoms with E-state index in [1.54, 1.807) is 18.6 Å². The van der Waals surface area contributed by atoms with E-state index >= 15 is 0 Å². The van der Waals surface area contributed by atoms with Crippen LogP contribution in [0.15, 0.2) is 41.2 Å². The highest BCUT2D eigenvalue weighted by Crippen LogP contribution is 2.18. The van der Waals surface area contributed by atoms with Crippen molar-refractivity contribution in [1.29, 1.82) is 0 Å². The van der Waals surface area contributed by atoms with Gasteiger partial charge in [0.05, 0.1) is 12.5 Å². The molecule has 2 nitrogen and oxygen atoms in total. The van der Waals surface area contributed by atoms with E-state index in [0.29, 0.717) is 17.3 Å². The van der Waals surface area contributed by atoms with Crippen molar-refractivity contribution in [2.75, 3.05) is 5.32 Å². The summed E-state index contributed by atoms with van der Waals surface area (Å²) in [6, 6.07) is 6.18. The molecule has 2 aromatic rings. The third kappa shape index (κ3) is 2.73. The average molecular weight is 226 g/mol. The lowest BCUT2D eigenvalue weighted by Gasteiger charge is -2.05. The van der Waals surface area contributed by atoms with E-state index in [9.17, 15) is 4.39 Å². The van der Waals surface area contributed by atoms with Crippen LogP contribution in [-0.2, 0) is 6.54 Å². The molecule has 0 amide bonds. The van der Waals surface area contributed by atoms with Crippen LogP contribution in [0.2, 0.25) is 5.02 Å². The summed E-state index contributed by atoms with van der Waals surface area (Å²) in [5.41, 5.74) is 1.65. The molecule has 0 spiro atoms. The predicted molar refractivity (Wildman–Crippen MR) is 57.4 cm³/mol. The standard InChI is InChI=1S/C11H9ClFNO/c12-9-3-10(13)5-11(4-9)14-6-8-1-2-15-7-8/h1-5,7,14H,6H2. The molecule has 0 aliphatic heterocycles. The molecule has 4 heteroatoms. The molecular weight excluding hydrogens is 217 g/mol. The lowest BCUT2D eigenvalue weighted by Crippen LogP contribution is -1.98. The van der Waals surface area contributed by atoms with E-state index in [1.807, 2.05) is 6.07 Å². The highest BCUT2D eigenvalue weighted by molar-refractivity contribution is 6.30. The summed E-state index contributed by atoms with van der Waals surface area (Å²) < 4.78 is 17.9. The average Bonchev–Trinajstić information content (AvgIpc) is 2.65. The van der Waals surface area contributed by atoms with Gasteiger partial charge in [-0.25, -0.2) is 4.39 Å². The Morgan fingerprint density at radius 1 is 1.33 bits per heavy atom. The van der Waals surface area contributed by atoms with Gasteiger partial charge >= 0.3 is 0 Å². The van der Waals surface area contributed by atoms with Crippen molar-refractivity contribution < 1.29 is 8.81 Å². The normalized spacial score (nSPS) is 10.3. The Morgan fingerprint density at radius 3 is 2.87 bits per heavy atom. The molecule has 0 atom stereocenters.